The fraction of sp³-hybridized carbons (Fsp3) is 0.500. The molecule has 1 amide bonds. The van der Waals surface area contributed by atoms with Crippen LogP contribution in [-0.2, 0) is 17.9 Å². The van der Waals surface area contributed by atoms with Gasteiger partial charge >= 0.3 is 0 Å². The van der Waals surface area contributed by atoms with E-state index >= 15 is 0 Å². The van der Waals surface area contributed by atoms with Crippen LogP contribution in [0.15, 0.2) is 42.5 Å². The van der Waals surface area contributed by atoms with Gasteiger partial charge in [-0.25, -0.2) is 0 Å². The van der Waals surface area contributed by atoms with E-state index in [1.807, 2.05) is 68.5 Å². The maximum absolute atomic E-state index is 13.7. The number of methoxy groups -OCH3 is 3. The van der Waals surface area contributed by atoms with Crippen LogP contribution in [0, 0.1) is 0 Å². The number of benzene rings is 2. The van der Waals surface area contributed by atoms with Gasteiger partial charge in [0, 0.05) is 39.3 Å². The van der Waals surface area contributed by atoms with Crippen LogP contribution < -0.4 is 14.2 Å². The second-order valence-corrected chi connectivity index (χ2v) is 8.94. The summed E-state index contributed by atoms with van der Waals surface area (Å²) in [7, 11) is 10.9. The lowest BCUT2D eigenvalue weighted by Crippen LogP contribution is -2.61. The van der Waals surface area contributed by atoms with Crippen LogP contribution in [0.2, 0.25) is 0 Å². The molecule has 1 saturated heterocycles. The van der Waals surface area contributed by atoms with E-state index in [2.05, 4.69) is 9.80 Å². The molecule has 0 saturated carbocycles. The topological polar surface area (TPSA) is 54.5 Å². The Kier molecular flexibility index (Phi) is 8.21. The molecule has 33 heavy (non-hydrogen) atoms. The zero-order valence-electron chi connectivity index (χ0n) is 20.8. The predicted molar refractivity (Wildman–Crippen MR) is 130 cm³/mol. The normalized spacial score (nSPS) is 15.8. The molecule has 0 bridgehead atoms. The number of amides is 1. The zero-order chi connectivity index (χ0) is 24.0. The predicted octanol–water partition coefficient (Wildman–Crippen LogP) is 3.27. The highest BCUT2D eigenvalue weighted by Crippen LogP contribution is 2.31. The molecular formula is C26H37N3O4. The Balaban J connectivity index is 1.67. The molecule has 0 aliphatic carbocycles. The van der Waals surface area contributed by atoms with Gasteiger partial charge in [0.2, 0.25) is 5.91 Å². The molecule has 1 aliphatic rings. The molecule has 0 unspecified atom stereocenters. The van der Waals surface area contributed by atoms with Crippen LogP contribution in [0.25, 0.3) is 0 Å². The standard InChI is InChI=1S/C26H37N3O4/c1-27(2)26(25(30)28(3)18-20-8-7-9-22(14-20)31-4)10-12-29(13-11-26)19-21-15-23(32-5)17-24(16-21)33-6/h7-9,14-17H,10-13,18-19H2,1-6H3. The molecule has 0 N–H and O–H groups in total. The summed E-state index contributed by atoms with van der Waals surface area (Å²) < 4.78 is 16.1. The molecular weight excluding hydrogens is 418 g/mol. The molecule has 1 fully saturated rings. The summed E-state index contributed by atoms with van der Waals surface area (Å²) in [5, 5.41) is 0. The Morgan fingerprint density at radius 3 is 2.00 bits per heavy atom. The maximum atomic E-state index is 13.7. The third-order valence-corrected chi connectivity index (χ3v) is 6.66. The van der Waals surface area contributed by atoms with Crippen LogP contribution in [0.3, 0.4) is 0 Å². The Labute approximate surface area is 197 Å². The van der Waals surface area contributed by atoms with Crippen molar-refractivity contribution in [3.63, 3.8) is 0 Å². The summed E-state index contributed by atoms with van der Waals surface area (Å²) in [4.78, 5) is 20.0. The van der Waals surface area contributed by atoms with Crippen molar-refractivity contribution in [3.05, 3.63) is 53.6 Å². The minimum absolute atomic E-state index is 0.165. The van der Waals surface area contributed by atoms with Crippen molar-refractivity contribution in [1.82, 2.24) is 14.7 Å². The van der Waals surface area contributed by atoms with Gasteiger partial charge in [-0.05, 0) is 62.3 Å². The van der Waals surface area contributed by atoms with Gasteiger partial charge in [0.15, 0.2) is 0 Å². The van der Waals surface area contributed by atoms with Crippen molar-refractivity contribution in [2.75, 3.05) is 55.6 Å². The number of hydrogen-bond donors (Lipinski definition) is 0. The average Bonchev–Trinajstić information content (AvgIpc) is 2.83. The highest BCUT2D eigenvalue weighted by Gasteiger charge is 2.44. The Hall–Kier alpha value is -2.77. The molecule has 1 aliphatic heterocycles. The molecule has 7 nitrogen and oxygen atoms in total. The van der Waals surface area contributed by atoms with E-state index in [1.165, 1.54) is 0 Å². The van der Waals surface area contributed by atoms with Crippen molar-refractivity contribution >= 4 is 5.91 Å². The number of hydrogen-bond acceptors (Lipinski definition) is 6. The first kappa shape index (κ1) is 24.9. The first-order valence-corrected chi connectivity index (χ1v) is 11.3. The van der Waals surface area contributed by atoms with Crippen molar-refractivity contribution < 1.29 is 19.0 Å². The number of carbonyl (C=O) groups excluding carboxylic acids is 1. The summed E-state index contributed by atoms with van der Waals surface area (Å²) in [5.74, 6) is 2.55. The van der Waals surface area contributed by atoms with E-state index < -0.39 is 5.54 Å². The Morgan fingerprint density at radius 1 is 0.879 bits per heavy atom. The van der Waals surface area contributed by atoms with Crippen LogP contribution >= 0.6 is 0 Å². The molecule has 2 aromatic rings. The SMILES string of the molecule is COc1cccc(CN(C)C(=O)C2(N(C)C)CCN(Cc3cc(OC)cc(OC)c3)CC2)c1. The van der Waals surface area contributed by atoms with Crippen molar-refractivity contribution in [3.8, 4) is 17.2 Å². The summed E-state index contributed by atoms with van der Waals surface area (Å²) in [6.07, 6.45) is 1.56. The van der Waals surface area contributed by atoms with Crippen molar-refractivity contribution in [2.45, 2.75) is 31.5 Å². The second-order valence-electron chi connectivity index (χ2n) is 8.94. The quantitative estimate of drug-likeness (QED) is 0.579. The lowest BCUT2D eigenvalue weighted by atomic mass is 9.84. The van der Waals surface area contributed by atoms with Gasteiger partial charge in [-0.2, -0.15) is 0 Å². The molecule has 0 radical (unpaired) electrons. The smallest absolute Gasteiger partial charge is 0.243 e. The van der Waals surface area contributed by atoms with Crippen LogP contribution in [0.4, 0.5) is 0 Å². The van der Waals surface area contributed by atoms with E-state index in [-0.39, 0.29) is 5.91 Å². The first-order valence-electron chi connectivity index (χ1n) is 11.3. The highest BCUT2D eigenvalue weighted by atomic mass is 16.5. The maximum Gasteiger partial charge on any atom is 0.243 e. The summed E-state index contributed by atoms with van der Waals surface area (Å²) in [6.45, 7) is 3.04. The minimum Gasteiger partial charge on any atom is -0.497 e. The number of likely N-dealkylation sites (tertiary alicyclic amines) is 1. The monoisotopic (exact) mass is 455 g/mol. The van der Waals surface area contributed by atoms with E-state index in [9.17, 15) is 4.79 Å². The molecule has 3 rings (SSSR count). The minimum atomic E-state index is -0.504. The zero-order valence-corrected chi connectivity index (χ0v) is 20.8. The number of nitrogens with zero attached hydrogens (tertiary/aromatic N) is 3. The molecule has 0 aromatic heterocycles. The van der Waals surface area contributed by atoms with E-state index in [1.54, 1.807) is 21.3 Å². The van der Waals surface area contributed by atoms with Gasteiger partial charge in [0.05, 0.1) is 21.3 Å². The lowest BCUT2D eigenvalue weighted by Gasteiger charge is -2.46. The van der Waals surface area contributed by atoms with E-state index in [0.717, 1.165) is 60.9 Å². The number of likely N-dealkylation sites (N-methyl/N-ethyl adjacent to an activating group) is 2. The van der Waals surface area contributed by atoms with Crippen molar-refractivity contribution in [1.29, 1.82) is 0 Å². The number of carbonyl (C=O) groups is 1. The van der Waals surface area contributed by atoms with Gasteiger partial charge in [0.1, 0.15) is 22.8 Å². The fourth-order valence-electron chi connectivity index (χ4n) is 4.62. The first-order chi connectivity index (χ1) is 15.8. The van der Waals surface area contributed by atoms with Crippen LogP contribution in [-0.4, -0.2) is 81.7 Å². The fourth-order valence-corrected chi connectivity index (χ4v) is 4.62. The third-order valence-electron chi connectivity index (χ3n) is 6.66. The number of rotatable bonds is 9. The summed E-state index contributed by atoms with van der Waals surface area (Å²) >= 11 is 0. The summed E-state index contributed by atoms with van der Waals surface area (Å²) in [5.41, 5.74) is 1.70. The van der Waals surface area contributed by atoms with Crippen LogP contribution in [0.1, 0.15) is 24.0 Å². The molecule has 1 heterocycles. The van der Waals surface area contributed by atoms with Crippen LogP contribution in [0.5, 0.6) is 17.2 Å². The molecule has 2 aromatic carbocycles. The van der Waals surface area contributed by atoms with E-state index in [0.29, 0.717) is 6.54 Å². The van der Waals surface area contributed by atoms with Gasteiger partial charge < -0.3 is 19.1 Å². The molecule has 180 valence electrons. The Morgan fingerprint density at radius 2 is 1.45 bits per heavy atom. The molecule has 0 atom stereocenters. The molecule has 7 heteroatoms. The van der Waals surface area contributed by atoms with Gasteiger partial charge in [-0.1, -0.05) is 12.1 Å². The highest BCUT2D eigenvalue weighted by molar-refractivity contribution is 5.86. The number of ether oxygens (including phenoxy) is 3. The molecule has 0 spiro atoms. The third kappa shape index (κ3) is 5.78. The van der Waals surface area contributed by atoms with Gasteiger partial charge in [-0.15, -0.1) is 0 Å². The van der Waals surface area contributed by atoms with Gasteiger partial charge in [0.25, 0.3) is 0 Å². The Bertz CT molecular complexity index is 917. The summed E-state index contributed by atoms with van der Waals surface area (Å²) in [6, 6.07) is 13.9. The lowest BCUT2D eigenvalue weighted by molar-refractivity contribution is -0.145. The average molecular weight is 456 g/mol. The van der Waals surface area contributed by atoms with E-state index in [4.69, 9.17) is 14.2 Å². The second kappa shape index (κ2) is 10.9. The van der Waals surface area contributed by atoms with Gasteiger partial charge in [-0.3, -0.25) is 14.6 Å². The van der Waals surface area contributed by atoms with Crippen molar-refractivity contribution in [2.24, 2.45) is 0 Å². The number of piperidine rings is 1. The largest absolute Gasteiger partial charge is 0.497 e.